The van der Waals surface area contributed by atoms with Crippen molar-refractivity contribution in [2.24, 2.45) is 11.7 Å². The Balaban J connectivity index is 1.99. The largest absolute Gasteiger partial charge is 0.330 e. The van der Waals surface area contributed by atoms with Crippen molar-refractivity contribution in [1.29, 1.82) is 0 Å². The van der Waals surface area contributed by atoms with Gasteiger partial charge >= 0.3 is 0 Å². The number of rotatable bonds is 2. The minimum Gasteiger partial charge on any atom is -0.330 e. The predicted molar refractivity (Wildman–Crippen MR) is 58.3 cm³/mol. The number of fused-ring (bicyclic) bond motifs is 1. The van der Waals surface area contributed by atoms with E-state index >= 15 is 0 Å². The second-order valence-corrected chi connectivity index (χ2v) is 4.74. The molecule has 74 valence electrons. The van der Waals surface area contributed by atoms with Crippen LogP contribution in [0.3, 0.4) is 0 Å². The molecule has 1 heteroatoms. The van der Waals surface area contributed by atoms with E-state index in [4.69, 9.17) is 5.73 Å². The maximum atomic E-state index is 5.83. The highest BCUT2D eigenvalue weighted by atomic mass is 14.6. The van der Waals surface area contributed by atoms with Gasteiger partial charge in [0.2, 0.25) is 0 Å². The van der Waals surface area contributed by atoms with E-state index in [-0.39, 0.29) is 0 Å². The molecular formula is C13H17N. The van der Waals surface area contributed by atoms with Crippen LogP contribution in [0.4, 0.5) is 0 Å². The fourth-order valence-electron chi connectivity index (χ4n) is 2.95. The lowest BCUT2D eigenvalue weighted by Gasteiger charge is -2.08. The van der Waals surface area contributed by atoms with Crippen molar-refractivity contribution in [2.75, 3.05) is 6.54 Å². The summed E-state index contributed by atoms with van der Waals surface area (Å²) in [5.74, 6) is 2.45. The van der Waals surface area contributed by atoms with Crippen LogP contribution < -0.4 is 5.73 Å². The van der Waals surface area contributed by atoms with E-state index in [1.165, 1.54) is 24.8 Å². The zero-order valence-corrected chi connectivity index (χ0v) is 8.45. The molecule has 2 unspecified atom stereocenters. The number of nitrogens with two attached hydrogens (primary N) is 1. The molecule has 2 N–H and O–H groups in total. The molecule has 1 aromatic carbocycles. The summed E-state index contributed by atoms with van der Waals surface area (Å²) in [6.45, 7) is 0.820. The monoisotopic (exact) mass is 187 g/mol. The normalized spacial score (nSPS) is 30.4. The van der Waals surface area contributed by atoms with Gasteiger partial charge in [0.25, 0.3) is 0 Å². The zero-order valence-electron chi connectivity index (χ0n) is 8.45. The Bertz CT molecular complexity index is 341. The molecule has 1 saturated carbocycles. The minimum atomic E-state index is 0.636. The molecule has 2 aliphatic rings. The Kier molecular flexibility index (Phi) is 1.88. The van der Waals surface area contributed by atoms with E-state index in [1.54, 1.807) is 5.56 Å². The highest BCUT2D eigenvalue weighted by molar-refractivity contribution is 5.39. The second-order valence-electron chi connectivity index (χ2n) is 4.74. The quantitative estimate of drug-likeness (QED) is 0.756. The third-order valence-electron chi connectivity index (χ3n) is 3.85. The molecule has 0 saturated heterocycles. The van der Waals surface area contributed by atoms with E-state index < -0.39 is 0 Å². The molecule has 0 aromatic heterocycles. The van der Waals surface area contributed by atoms with Gasteiger partial charge in [0.05, 0.1) is 0 Å². The Hall–Kier alpha value is -0.820. The smallest absolute Gasteiger partial charge is 0.000791 e. The highest BCUT2D eigenvalue weighted by Gasteiger charge is 2.39. The third kappa shape index (κ3) is 1.19. The first-order valence-electron chi connectivity index (χ1n) is 5.69. The molecule has 0 amide bonds. The van der Waals surface area contributed by atoms with E-state index in [0.29, 0.717) is 5.92 Å². The van der Waals surface area contributed by atoms with Crippen LogP contribution in [0.1, 0.15) is 42.2 Å². The Morgan fingerprint density at radius 3 is 2.50 bits per heavy atom. The van der Waals surface area contributed by atoms with Gasteiger partial charge in [0.15, 0.2) is 0 Å². The lowest BCUT2D eigenvalue weighted by atomic mass is 9.96. The molecule has 0 radical (unpaired) electrons. The van der Waals surface area contributed by atoms with Crippen molar-refractivity contribution in [3.05, 3.63) is 35.4 Å². The molecular weight excluding hydrogens is 170 g/mol. The minimum absolute atomic E-state index is 0.636. The molecule has 0 aliphatic heterocycles. The van der Waals surface area contributed by atoms with Crippen LogP contribution in [0.15, 0.2) is 24.3 Å². The maximum Gasteiger partial charge on any atom is -0.000791 e. The average molecular weight is 187 g/mol. The molecule has 1 nitrogen and oxygen atoms in total. The number of hydrogen-bond acceptors (Lipinski definition) is 1. The van der Waals surface area contributed by atoms with Crippen LogP contribution in [-0.4, -0.2) is 6.54 Å². The van der Waals surface area contributed by atoms with Crippen molar-refractivity contribution >= 4 is 0 Å². The van der Waals surface area contributed by atoms with Crippen molar-refractivity contribution in [1.82, 2.24) is 0 Å². The summed E-state index contributed by atoms with van der Waals surface area (Å²) in [5, 5.41) is 0. The summed E-state index contributed by atoms with van der Waals surface area (Å²) in [7, 11) is 0. The van der Waals surface area contributed by atoms with Crippen molar-refractivity contribution < 1.29 is 0 Å². The number of hydrogen-bond donors (Lipinski definition) is 1. The average Bonchev–Trinajstić information content (AvgIpc) is 3.00. The van der Waals surface area contributed by atoms with Crippen LogP contribution in [0, 0.1) is 5.92 Å². The summed E-state index contributed by atoms with van der Waals surface area (Å²) in [6.07, 6.45) is 4.19. The summed E-state index contributed by atoms with van der Waals surface area (Å²) in [5.41, 5.74) is 8.97. The van der Waals surface area contributed by atoms with Crippen LogP contribution >= 0.6 is 0 Å². The Morgan fingerprint density at radius 2 is 1.86 bits per heavy atom. The van der Waals surface area contributed by atoms with Gasteiger partial charge in [-0.25, -0.2) is 0 Å². The van der Waals surface area contributed by atoms with Gasteiger partial charge in [0, 0.05) is 0 Å². The zero-order chi connectivity index (χ0) is 9.54. The molecule has 2 aliphatic carbocycles. The van der Waals surface area contributed by atoms with Gasteiger partial charge in [-0.1, -0.05) is 24.3 Å². The standard InChI is InChI=1S/C13H17N/c14-8-10-7-13(9-5-6-9)12-4-2-1-3-11(10)12/h1-4,9-10,13H,5-8,14H2. The maximum absolute atomic E-state index is 5.83. The molecule has 0 bridgehead atoms. The lowest BCUT2D eigenvalue weighted by Crippen LogP contribution is -2.09. The molecule has 2 atom stereocenters. The van der Waals surface area contributed by atoms with Gasteiger partial charge in [0.1, 0.15) is 0 Å². The van der Waals surface area contributed by atoms with Crippen molar-refractivity contribution in [2.45, 2.75) is 31.1 Å². The summed E-state index contributed by atoms with van der Waals surface area (Å²) in [4.78, 5) is 0. The fraction of sp³-hybridized carbons (Fsp3) is 0.538. The summed E-state index contributed by atoms with van der Waals surface area (Å²) >= 11 is 0. The molecule has 0 heterocycles. The van der Waals surface area contributed by atoms with Crippen LogP contribution in [0.2, 0.25) is 0 Å². The summed E-state index contributed by atoms with van der Waals surface area (Å²) < 4.78 is 0. The fourth-order valence-corrected chi connectivity index (χ4v) is 2.95. The van der Waals surface area contributed by atoms with E-state index in [2.05, 4.69) is 24.3 Å². The van der Waals surface area contributed by atoms with Gasteiger partial charge in [-0.05, 0) is 54.7 Å². The van der Waals surface area contributed by atoms with Gasteiger partial charge in [-0.2, -0.15) is 0 Å². The van der Waals surface area contributed by atoms with E-state index in [0.717, 1.165) is 18.4 Å². The van der Waals surface area contributed by atoms with Gasteiger partial charge < -0.3 is 5.73 Å². The van der Waals surface area contributed by atoms with Gasteiger partial charge in [-0.3, -0.25) is 0 Å². The summed E-state index contributed by atoms with van der Waals surface area (Å²) in [6, 6.07) is 8.91. The van der Waals surface area contributed by atoms with E-state index in [9.17, 15) is 0 Å². The predicted octanol–water partition coefficient (Wildman–Crippen LogP) is 2.63. The van der Waals surface area contributed by atoms with Crippen molar-refractivity contribution in [3.8, 4) is 0 Å². The number of benzene rings is 1. The van der Waals surface area contributed by atoms with Crippen LogP contribution in [0.25, 0.3) is 0 Å². The van der Waals surface area contributed by atoms with Gasteiger partial charge in [-0.15, -0.1) is 0 Å². The first-order chi connectivity index (χ1) is 6.90. The second kappa shape index (κ2) is 3.09. The molecule has 14 heavy (non-hydrogen) atoms. The first kappa shape index (κ1) is 8.49. The molecule has 1 aromatic rings. The molecule has 3 rings (SSSR count). The topological polar surface area (TPSA) is 26.0 Å². The highest BCUT2D eigenvalue weighted by Crippen LogP contribution is 2.52. The SMILES string of the molecule is NCC1CC(C2CC2)c2ccccc21. The Labute approximate surface area is 85.3 Å². The third-order valence-corrected chi connectivity index (χ3v) is 3.85. The first-order valence-corrected chi connectivity index (χ1v) is 5.69. The Morgan fingerprint density at radius 1 is 1.14 bits per heavy atom. The lowest BCUT2D eigenvalue weighted by molar-refractivity contribution is 0.545. The van der Waals surface area contributed by atoms with E-state index in [1.807, 2.05) is 0 Å². The van der Waals surface area contributed by atoms with Crippen LogP contribution in [0.5, 0.6) is 0 Å². The molecule has 0 spiro atoms. The molecule has 1 fully saturated rings. The van der Waals surface area contributed by atoms with Crippen LogP contribution in [-0.2, 0) is 0 Å². The van der Waals surface area contributed by atoms with Crippen molar-refractivity contribution in [3.63, 3.8) is 0 Å².